The Labute approximate surface area is 69.8 Å². The average molecular weight is 170 g/mol. The lowest BCUT2D eigenvalue weighted by molar-refractivity contribution is 0.111. The number of aryl methyl sites for hydroxylation is 1. The summed E-state index contributed by atoms with van der Waals surface area (Å²) >= 11 is 1.54. The molecule has 0 amide bonds. The number of thioether (sulfide) groups is 1. The van der Waals surface area contributed by atoms with Crippen molar-refractivity contribution in [3.05, 3.63) is 11.4 Å². The van der Waals surface area contributed by atoms with E-state index < -0.39 is 0 Å². The highest BCUT2D eigenvalue weighted by atomic mass is 32.2. The molecule has 0 saturated heterocycles. The zero-order chi connectivity index (χ0) is 8.43. The van der Waals surface area contributed by atoms with E-state index in [2.05, 4.69) is 4.98 Å². The second-order valence-electron chi connectivity index (χ2n) is 2.25. The summed E-state index contributed by atoms with van der Waals surface area (Å²) in [5.74, 6) is 0. The van der Waals surface area contributed by atoms with E-state index in [1.165, 1.54) is 11.8 Å². The van der Waals surface area contributed by atoms with Gasteiger partial charge in [-0.3, -0.25) is 4.79 Å². The summed E-state index contributed by atoms with van der Waals surface area (Å²) in [6, 6.07) is 0. The van der Waals surface area contributed by atoms with E-state index in [4.69, 9.17) is 0 Å². The van der Waals surface area contributed by atoms with Crippen LogP contribution < -0.4 is 0 Å². The van der Waals surface area contributed by atoms with Crippen LogP contribution in [0.5, 0.6) is 0 Å². The van der Waals surface area contributed by atoms with Crippen molar-refractivity contribution in [2.75, 3.05) is 6.26 Å². The summed E-state index contributed by atoms with van der Waals surface area (Å²) in [6.45, 7) is 1.84. The lowest BCUT2D eigenvalue weighted by Gasteiger charge is -1.96. The molecule has 0 N–H and O–H groups in total. The maximum atomic E-state index is 10.5. The summed E-state index contributed by atoms with van der Waals surface area (Å²) in [7, 11) is 1.84. The van der Waals surface area contributed by atoms with Crippen LogP contribution in [0, 0.1) is 6.92 Å². The smallest absolute Gasteiger partial charge is 0.168 e. The SMILES string of the molecule is CSc1nc(C)c(C=O)n1C. The van der Waals surface area contributed by atoms with Crippen molar-refractivity contribution >= 4 is 18.0 Å². The zero-order valence-electron chi connectivity index (χ0n) is 6.79. The van der Waals surface area contributed by atoms with Gasteiger partial charge >= 0.3 is 0 Å². The first-order valence-corrected chi connectivity index (χ1v) is 4.45. The molecule has 0 fully saturated rings. The molecular weight excluding hydrogens is 160 g/mol. The predicted octanol–water partition coefficient (Wildman–Crippen LogP) is 1.26. The summed E-state index contributed by atoms with van der Waals surface area (Å²) in [5, 5.41) is 0.879. The summed E-state index contributed by atoms with van der Waals surface area (Å²) < 4.78 is 1.80. The van der Waals surface area contributed by atoms with Crippen molar-refractivity contribution in [3.63, 3.8) is 0 Å². The standard InChI is InChI=1S/C7H10N2OS/c1-5-6(4-10)9(2)7(8-5)11-3/h4H,1-3H3. The van der Waals surface area contributed by atoms with Crippen LogP contribution >= 0.6 is 11.8 Å². The van der Waals surface area contributed by atoms with Gasteiger partial charge in [-0.2, -0.15) is 0 Å². The normalized spacial score (nSPS) is 10.1. The summed E-state index contributed by atoms with van der Waals surface area (Å²) in [6.07, 6.45) is 2.78. The number of aldehydes is 1. The number of imidazole rings is 1. The third kappa shape index (κ3) is 1.30. The minimum absolute atomic E-state index is 0.661. The van der Waals surface area contributed by atoms with Gasteiger partial charge in [-0.15, -0.1) is 0 Å². The Morgan fingerprint density at radius 1 is 1.64 bits per heavy atom. The van der Waals surface area contributed by atoms with Gasteiger partial charge in [0, 0.05) is 7.05 Å². The fraction of sp³-hybridized carbons (Fsp3) is 0.429. The number of carbonyl (C=O) groups excluding carboxylic acids is 1. The van der Waals surface area contributed by atoms with E-state index in [1.807, 2.05) is 20.2 Å². The van der Waals surface area contributed by atoms with Gasteiger partial charge in [0.2, 0.25) is 0 Å². The van der Waals surface area contributed by atoms with Crippen LogP contribution in [0.3, 0.4) is 0 Å². The van der Waals surface area contributed by atoms with Gasteiger partial charge < -0.3 is 4.57 Å². The van der Waals surface area contributed by atoms with E-state index >= 15 is 0 Å². The van der Waals surface area contributed by atoms with Gasteiger partial charge in [-0.25, -0.2) is 4.98 Å². The molecule has 60 valence electrons. The van der Waals surface area contributed by atoms with Gasteiger partial charge in [-0.1, -0.05) is 11.8 Å². The molecular formula is C7H10N2OS. The fourth-order valence-electron chi connectivity index (χ4n) is 0.968. The Morgan fingerprint density at radius 2 is 2.27 bits per heavy atom. The van der Waals surface area contributed by atoms with Gasteiger partial charge in [0.05, 0.1) is 5.69 Å². The molecule has 0 spiro atoms. The molecule has 0 radical (unpaired) electrons. The monoisotopic (exact) mass is 170 g/mol. The van der Waals surface area contributed by atoms with Crippen molar-refractivity contribution < 1.29 is 4.79 Å². The fourth-order valence-corrected chi connectivity index (χ4v) is 1.57. The molecule has 1 aromatic rings. The molecule has 0 saturated carbocycles. The number of aromatic nitrogens is 2. The summed E-state index contributed by atoms with van der Waals surface area (Å²) in [5.41, 5.74) is 1.46. The van der Waals surface area contributed by atoms with Gasteiger partial charge in [0.1, 0.15) is 5.69 Å². The Balaban J connectivity index is 3.24. The van der Waals surface area contributed by atoms with Crippen molar-refractivity contribution in [2.45, 2.75) is 12.1 Å². The third-order valence-electron chi connectivity index (χ3n) is 1.58. The van der Waals surface area contributed by atoms with E-state index in [9.17, 15) is 4.79 Å². The summed E-state index contributed by atoms with van der Waals surface area (Å²) in [4.78, 5) is 14.7. The molecule has 1 aromatic heterocycles. The van der Waals surface area contributed by atoms with Crippen LogP contribution in [0.25, 0.3) is 0 Å². The molecule has 1 rings (SSSR count). The van der Waals surface area contributed by atoms with E-state index in [0.717, 1.165) is 17.1 Å². The maximum absolute atomic E-state index is 10.5. The highest BCUT2D eigenvalue weighted by molar-refractivity contribution is 7.98. The van der Waals surface area contributed by atoms with Gasteiger partial charge in [0.25, 0.3) is 0 Å². The Morgan fingerprint density at radius 3 is 2.55 bits per heavy atom. The topological polar surface area (TPSA) is 34.9 Å². The first-order chi connectivity index (χ1) is 5.20. The first-order valence-electron chi connectivity index (χ1n) is 3.23. The van der Waals surface area contributed by atoms with Crippen molar-refractivity contribution in [3.8, 4) is 0 Å². The third-order valence-corrected chi connectivity index (χ3v) is 2.31. The van der Waals surface area contributed by atoms with Gasteiger partial charge in [-0.05, 0) is 13.2 Å². The largest absolute Gasteiger partial charge is 0.320 e. The highest BCUT2D eigenvalue weighted by Crippen LogP contribution is 2.15. The van der Waals surface area contributed by atoms with Crippen LogP contribution in [0.2, 0.25) is 0 Å². The lowest BCUT2D eigenvalue weighted by Crippen LogP contribution is -1.96. The number of rotatable bonds is 2. The molecule has 3 nitrogen and oxygen atoms in total. The van der Waals surface area contributed by atoms with Crippen LogP contribution in [-0.4, -0.2) is 22.1 Å². The van der Waals surface area contributed by atoms with E-state index in [1.54, 1.807) is 4.57 Å². The maximum Gasteiger partial charge on any atom is 0.168 e. The molecule has 0 unspecified atom stereocenters. The van der Waals surface area contributed by atoms with Gasteiger partial charge in [0.15, 0.2) is 11.4 Å². The molecule has 0 aliphatic carbocycles. The lowest BCUT2D eigenvalue weighted by atomic mass is 10.4. The number of hydrogen-bond donors (Lipinski definition) is 0. The zero-order valence-corrected chi connectivity index (χ0v) is 7.60. The Bertz CT molecular complexity index is 280. The quantitative estimate of drug-likeness (QED) is 0.495. The second kappa shape index (κ2) is 3.09. The highest BCUT2D eigenvalue weighted by Gasteiger charge is 2.08. The Hall–Kier alpha value is -0.770. The van der Waals surface area contributed by atoms with Crippen LogP contribution in [0.15, 0.2) is 5.16 Å². The van der Waals surface area contributed by atoms with Crippen molar-refractivity contribution in [2.24, 2.45) is 7.05 Å². The van der Waals surface area contributed by atoms with E-state index in [-0.39, 0.29) is 0 Å². The minimum Gasteiger partial charge on any atom is -0.320 e. The van der Waals surface area contributed by atoms with Crippen LogP contribution in [-0.2, 0) is 7.05 Å². The molecule has 1 heterocycles. The molecule has 0 aliphatic rings. The molecule has 0 aliphatic heterocycles. The van der Waals surface area contributed by atoms with E-state index in [0.29, 0.717) is 5.69 Å². The van der Waals surface area contributed by atoms with Crippen molar-refractivity contribution in [1.29, 1.82) is 0 Å². The van der Waals surface area contributed by atoms with Crippen molar-refractivity contribution in [1.82, 2.24) is 9.55 Å². The van der Waals surface area contributed by atoms with Crippen LogP contribution in [0.4, 0.5) is 0 Å². The number of nitrogens with zero attached hydrogens (tertiary/aromatic N) is 2. The average Bonchev–Trinajstić information content (AvgIpc) is 2.26. The predicted molar refractivity (Wildman–Crippen MR) is 45.1 cm³/mol. The molecule has 0 bridgehead atoms. The molecule has 0 atom stereocenters. The number of hydrogen-bond acceptors (Lipinski definition) is 3. The second-order valence-corrected chi connectivity index (χ2v) is 3.02. The Kier molecular flexibility index (Phi) is 2.34. The van der Waals surface area contributed by atoms with Crippen LogP contribution in [0.1, 0.15) is 16.2 Å². The number of carbonyl (C=O) groups is 1. The molecule has 0 aromatic carbocycles. The molecule has 11 heavy (non-hydrogen) atoms. The first kappa shape index (κ1) is 8.33. The molecule has 4 heteroatoms. The minimum atomic E-state index is 0.661.